The molecule has 0 saturated carbocycles. The minimum atomic E-state index is -2.53. The fourth-order valence-corrected chi connectivity index (χ4v) is 1.52. The third-order valence-electron chi connectivity index (χ3n) is 2.62. The van der Waals surface area contributed by atoms with Crippen LogP contribution in [0.1, 0.15) is 23.1 Å². The molecule has 2 rings (SSSR count). The number of nitrogens with zero attached hydrogens (tertiary/aromatic N) is 1. The molecule has 0 aliphatic carbocycles. The summed E-state index contributed by atoms with van der Waals surface area (Å²) in [5.74, 6) is -1.90. The van der Waals surface area contributed by atoms with Crippen molar-refractivity contribution in [2.45, 2.75) is 13.0 Å². The number of halogens is 4. The number of rotatable bonds is 5. The molecule has 0 aliphatic rings. The highest BCUT2D eigenvalue weighted by Crippen LogP contribution is 2.18. The molecule has 0 unspecified atom stereocenters. The van der Waals surface area contributed by atoms with Crippen molar-refractivity contribution in [2.24, 2.45) is 5.16 Å². The molecule has 0 N–H and O–H groups in total. The van der Waals surface area contributed by atoms with Crippen LogP contribution in [0.2, 0.25) is 0 Å². The van der Waals surface area contributed by atoms with E-state index in [1.54, 1.807) is 0 Å². The Balaban J connectivity index is 1.88. The number of hydrogen-bond donors (Lipinski definition) is 0. The van der Waals surface area contributed by atoms with Gasteiger partial charge in [-0.1, -0.05) is 35.5 Å². The zero-order valence-electron chi connectivity index (χ0n) is 10.7. The van der Waals surface area contributed by atoms with Gasteiger partial charge in [0.25, 0.3) is 6.43 Å². The molecule has 0 fully saturated rings. The van der Waals surface area contributed by atoms with Crippen LogP contribution < -0.4 is 0 Å². The van der Waals surface area contributed by atoms with Crippen LogP contribution in [-0.4, -0.2) is 6.21 Å². The van der Waals surface area contributed by atoms with Crippen LogP contribution in [0.15, 0.2) is 47.6 Å². The SMILES string of the molecule is Fc1ccc(CO/N=[C]\c2ccc(C(F)F)cc2)cc1F. The summed E-state index contributed by atoms with van der Waals surface area (Å²) in [5, 5.41) is 3.51. The lowest BCUT2D eigenvalue weighted by atomic mass is 10.1. The fourth-order valence-electron chi connectivity index (χ4n) is 1.52. The molecule has 1 radical (unpaired) electrons. The van der Waals surface area contributed by atoms with E-state index < -0.39 is 18.1 Å². The largest absolute Gasteiger partial charge is 0.390 e. The predicted molar refractivity (Wildman–Crippen MR) is 69.1 cm³/mol. The maximum absolute atomic E-state index is 12.9. The van der Waals surface area contributed by atoms with Gasteiger partial charge >= 0.3 is 0 Å². The molecule has 6 heteroatoms. The van der Waals surface area contributed by atoms with E-state index in [1.165, 1.54) is 30.3 Å². The van der Waals surface area contributed by atoms with E-state index in [4.69, 9.17) is 4.84 Å². The molecule has 2 aromatic rings. The van der Waals surface area contributed by atoms with E-state index in [0.29, 0.717) is 11.1 Å². The highest BCUT2D eigenvalue weighted by atomic mass is 19.3. The maximum atomic E-state index is 12.9. The molecular weight excluding hydrogens is 286 g/mol. The van der Waals surface area contributed by atoms with E-state index in [-0.39, 0.29) is 12.2 Å². The molecule has 0 atom stereocenters. The Morgan fingerprint density at radius 1 is 1.00 bits per heavy atom. The molecule has 2 aromatic carbocycles. The van der Waals surface area contributed by atoms with E-state index in [2.05, 4.69) is 11.4 Å². The van der Waals surface area contributed by atoms with Gasteiger partial charge in [0.15, 0.2) is 11.6 Å². The summed E-state index contributed by atoms with van der Waals surface area (Å²) in [6, 6.07) is 8.73. The van der Waals surface area contributed by atoms with Crippen molar-refractivity contribution in [3.8, 4) is 0 Å². The van der Waals surface area contributed by atoms with Crippen LogP contribution in [-0.2, 0) is 11.4 Å². The molecule has 0 spiro atoms. The Morgan fingerprint density at radius 2 is 1.71 bits per heavy atom. The normalized spacial score (nSPS) is 11.3. The molecule has 2 nitrogen and oxygen atoms in total. The van der Waals surface area contributed by atoms with E-state index in [1.807, 2.05) is 0 Å². The van der Waals surface area contributed by atoms with Crippen molar-refractivity contribution >= 4 is 6.21 Å². The summed E-state index contributed by atoms with van der Waals surface area (Å²) < 4.78 is 50.3. The summed E-state index contributed by atoms with van der Waals surface area (Å²) in [6.07, 6.45) is -0.0301. The smallest absolute Gasteiger partial charge is 0.263 e. The first kappa shape index (κ1) is 15.0. The van der Waals surface area contributed by atoms with Crippen molar-refractivity contribution in [3.63, 3.8) is 0 Å². The van der Waals surface area contributed by atoms with E-state index in [9.17, 15) is 17.6 Å². The predicted octanol–water partition coefficient (Wildman–Crippen LogP) is 4.33. The molecule has 109 valence electrons. The van der Waals surface area contributed by atoms with Gasteiger partial charge in [-0.15, -0.1) is 0 Å². The van der Waals surface area contributed by atoms with Crippen molar-refractivity contribution in [1.29, 1.82) is 0 Å². The topological polar surface area (TPSA) is 21.6 Å². The molecule has 0 amide bonds. The second-order valence-electron chi connectivity index (χ2n) is 4.15. The first-order valence-electron chi connectivity index (χ1n) is 5.96. The van der Waals surface area contributed by atoms with Gasteiger partial charge in [0, 0.05) is 11.1 Å². The molecule has 0 aromatic heterocycles. The lowest BCUT2D eigenvalue weighted by molar-refractivity contribution is 0.132. The maximum Gasteiger partial charge on any atom is 0.263 e. The molecule has 0 heterocycles. The monoisotopic (exact) mass is 296 g/mol. The molecule has 0 aliphatic heterocycles. The Labute approximate surface area is 118 Å². The lowest BCUT2D eigenvalue weighted by Crippen LogP contribution is -1.92. The van der Waals surface area contributed by atoms with Gasteiger partial charge in [0.2, 0.25) is 0 Å². The minimum Gasteiger partial charge on any atom is -0.390 e. The average Bonchev–Trinajstić information content (AvgIpc) is 2.47. The summed E-state index contributed by atoms with van der Waals surface area (Å²) in [6.45, 7) is -0.0562. The van der Waals surface area contributed by atoms with Crippen molar-refractivity contribution in [3.05, 3.63) is 70.8 Å². The van der Waals surface area contributed by atoms with Crippen LogP contribution in [0.25, 0.3) is 0 Å². The first-order valence-corrected chi connectivity index (χ1v) is 5.96. The quantitative estimate of drug-likeness (QED) is 0.457. The highest BCUT2D eigenvalue weighted by molar-refractivity contribution is 5.79. The van der Waals surface area contributed by atoms with Crippen LogP contribution in [0.3, 0.4) is 0 Å². The molecular formula is C15H10F4NO. The summed E-state index contributed by atoms with van der Waals surface area (Å²) in [7, 11) is 0. The van der Waals surface area contributed by atoms with E-state index in [0.717, 1.165) is 12.1 Å². The second kappa shape index (κ2) is 6.88. The summed E-state index contributed by atoms with van der Waals surface area (Å²) in [5.41, 5.74) is 0.778. The second-order valence-corrected chi connectivity index (χ2v) is 4.15. The highest BCUT2D eigenvalue weighted by Gasteiger charge is 2.05. The van der Waals surface area contributed by atoms with Gasteiger partial charge in [0.1, 0.15) is 12.8 Å². The summed E-state index contributed by atoms with van der Waals surface area (Å²) >= 11 is 0. The van der Waals surface area contributed by atoms with Gasteiger partial charge in [-0.25, -0.2) is 17.6 Å². The molecule has 21 heavy (non-hydrogen) atoms. The standard InChI is InChI=1S/C15H10F4NO/c16-13-6-3-11(7-14(13)17)9-21-20-8-10-1-4-12(5-2-10)15(18)19/h1-7,15H,9H2. The van der Waals surface area contributed by atoms with Gasteiger partial charge in [-0.2, -0.15) is 0 Å². The van der Waals surface area contributed by atoms with Crippen molar-refractivity contribution in [1.82, 2.24) is 0 Å². The van der Waals surface area contributed by atoms with Gasteiger partial charge in [-0.3, -0.25) is 0 Å². The van der Waals surface area contributed by atoms with Gasteiger partial charge in [-0.05, 0) is 17.7 Å². The lowest BCUT2D eigenvalue weighted by Gasteiger charge is -2.01. The summed E-state index contributed by atoms with van der Waals surface area (Å²) in [4.78, 5) is 4.87. The van der Waals surface area contributed by atoms with E-state index >= 15 is 0 Å². The molecule has 0 bridgehead atoms. The minimum absolute atomic E-state index is 0.0562. The number of hydrogen-bond acceptors (Lipinski definition) is 2. The van der Waals surface area contributed by atoms with Crippen molar-refractivity contribution < 1.29 is 22.4 Å². The number of alkyl halides is 2. The zero-order chi connectivity index (χ0) is 15.2. The zero-order valence-corrected chi connectivity index (χ0v) is 10.7. The van der Waals surface area contributed by atoms with Gasteiger partial charge < -0.3 is 4.84 Å². The van der Waals surface area contributed by atoms with Crippen LogP contribution in [0.5, 0.6) is 0 Å². The van der Waals surface area contributed by atoms with Crippen LogP contribution in [0.4, 0.5) is 17.6 Å². The average molecular weight is 296 g/mol. The fraction of sp³-hybridized carbons (Fsp3) is 0.133. The van der Waals surface area contributed by atoms with Crippen LogP contribution >= 0.6 is 0 Å². The third kappa shape index (κ3) is 4.30. The van der Waals surface area contributed by atoms with Crippen LogP contribution in [0, 0.1) is 11.6 Å². The number of benzene rings is 2. The Hall–Kier alpha value is -2.37. The van der Waals surface area contributed by atoms with Gasteiger partial charge in [0.05, 0.1) is 0 Å². The Morgan fingerprint density at radius 3 is 2.33 bits per heavy atom. The Kier molecular flexibility index (Phi) is 4.92. The van der Waals surface area contributed by atoms with Crippen molar-refractivity contribution in [2.75, 3.05) is 0 Å². The Bertz CT molecular complexity index is 626. The third-order valence-corrected chi connectivity index (χ3v) is 2.62. The molecule has 0 saturated heterocycles. The first-order chi connectivity index (χ1) is 10.1.